The summed E-state index contributed by atoms with van der Waals surface area (Å²) in [5.41, 5.74) is 0.590. The van der Waals surface area contributed by atoms with E-state index in [-0.39, 0.29) is 35.0 Å². The highest BCUT2D eigenvalue weighted by molar-refractivity contribution is 5.81. The Bertz CT molecular complexity index is 965. The first-order valence-electron chi connectivity index (χ1n) is 7.08. The van der Waals surface area contributed by atoms with E-state index in [0.717, 1.165) is 6.07 Å². The second-order valence-electron chi connectivity index (χ2n) is 5.34. The molecular formula is C16H14N2O6. The van der Waals surface area contributed by atoms with Gasteiger partial charge >= 0.3 is 5.97 Å². The molecule has 3 rings (SSSR count). The normalized spacial score (nSPS) is 12.5. The highest BCUT2D eigenvalue weighted by Crippen LogP contribution is 2.33. The number of rotatable bonds is 4. The number of aromatic hydroxyl groups is 2. The molecule has 0 radical (unpaired) electrons. The zero-order chi connectivity index (χ0) is 17.4. The molecule has 0 unspecified atom stereocenters. The maximum atomic E-state index is 11.4. The van der Waals surface area contributed by atoms with Crippen LogP contribution in [0.4, 0.5) is 0 Å². The van der Waals surface area contributed by atoms with Crippen molar-refractivity contribution in [3.05, 3.63) is 40.1 Å². The average Bonchev–Trinajstić information content (AvgIpc) is 2.51. The minimum Gasteiger partial charge on any atom is -0.508 e. The number of phenols is 2. The van der Waals surface area contributed by atoms with Crippen molar-refractivity contribution >= 4 is 17.1 Å². The predicted octanol–water partition coefficient (Wildman–Crippen LogP) is 0.919. The first-order valence-corrected chi connectivity index (χ1v) is 7.08. The van der Waals surface area contributed by atoms with E-state index in [0.29, 0.717) is 11.1 Å². The lowest BCUT2D eigenvalue weighted by molar-refractivity contribution is -0.139. The Morgan fingerprint density at radius 2 is 2.00 bits per heavy atom. The lowest BCUT2D eigenvalue weighted by Crippen LogP contribution is -2.35. The second-order valence-corrected chi connectivity index (χ2v) is 5.34. The summed E-state index contributed by atoms with van der Waals surface area (Å²) in [6, 6.07) is 4.14. The molecule has 1 aliphatic heterocycles. The van der Waals surface area contributed by atoms with Gasteiger partial charge in [-0.15, -0.1) is 0 Å². The molecule has 1 heterocycles. The van der Waals surface area contributed by atoms with E-state index in [1.54, 1.807) is 0 Å². The molecule has 0 saturated heterocycles. The molecule has 24 heavy (non-hydrogen) atoms. The van der Waals surface area contributed by atoms with Crippen LogP contribution in [0.5, 0.6) is 11.5 Å². The molecule has 2 aliphatic rings. The highest BCUT2D eigenvalue weighted by Gasteiger charge is 2.20. The summed E-state index contributed by atoms with van der Waals surface area (Å²) >= 11 is 0. The summed E-state index contributed by atoms with van der Waals surface area (Å²) in [5, 5.41) is 31.7. The van der Waals surface area contributed by atoms with Crippen molar-refractivity contribution in [2.75, 3.05) is 7.05 Å². The van der Waals surface area contributed by atoms with Crippen molar-refractivity contribution in [1.29, 1.82) is 0 Å². The van der Waals surface area contributed by atoms with Crippen LogP contribution >= 0.6 is 0 Å². The van der Waals surface area contributed by atoms with E-state index in [4.69, 9.17) is 9.52 Å². The minimum absolute atomic E-state index is 0.0405. The molecule has 1 aliphatic carbocycles. The van der Waals surface area contributed by atoms with E-state index in [1.807, 2.05) is 0 Å². The van der Waals surface area contributed by atoms with Crippen LogP contribution in [0.1, 0.15) is 5.56 Å². The van der Waals surface area contributed by atoms with Gasteiger partial charge in [0.1, 0.15) is 28.8 Å². The van der Waals surface area contributed by atoms with Crippen LogP contribution in [0.3, 0.4) is 0 Å². The fourth-order valence-corrected chi connectivity index (χ4v) is 2.46. The quantitative estimate of drug-likeness (QED) is 0.519. The molecule has 0 saturated carbocycles. The summed E-state index contributed by atoms with van der Waals surface area (Å²) in [4.78, 5) is 26.8. The number of carbonyl (C=O) groups is 1. The largest absolute Gasteiger partial charge is 0.508 e. The van der Waals surface area contributed by atoms with Gasteiger partial charge in [-0.3, -0.25) is 9.59 Å². The van der Waals surface area contributed by atoms with Crippen LogP contribution < -0.4 is 10.7 Å². The number of aromatic nitrogens is 1. The van der Waals surface area contributed by atoms with Gasteiger partial charge in [-0.05, 0) is 18.7 Å². The topological polar surface area (TPSA) is 133 Å². The lowest BCUT2D eigenvalue weighted by Gasteiger charge is -2.13. The monoisotopic (exact) mass is 330 g/mol. The van der Waals surface area contributed by atoms with Gasteiger partial charge in [-0.1, -0.05) is 0 Å². The van der Waals surface area contributed by atoms with E-state index in [2.05, 4.69) is 10.3 Å². The van der Waals surface area contributed by atoms with E-state index in [9.17, 15) is 19.8 Å². The van der Waals surface area contributed by atoms with Crippen LogP contribution in [0.2, 0.25) is 0 Å². The van der Waals surface area contributed by atoms with Crippen LogP contribution in [0.25, 0.3) is 22.6 Å². The Kier molecular flexibility index (Phi) is 3.82. The molecule has 124 valence electrons. The molecule has 0 fully saturated rings. The molecular weight excluding hydrogens is 316 g/mol. The van der Waals surface area contributed by atoms with Crippen LogP contribution in [0, 0.1) is 0 Å². The number of carboxylic acids is 1. The molecule has 4 N–H and O–H groups in total. The summed E-state index contributed by atoms with van der Waals surface area (Å²) in [6.07, 6.45) is 0.0405. The van der Waals surface area contributed by atoms with E-state index < -0.39 is 17.4 Å². The fourth-order valence-electron chi connectivity index (χ4n) is 2.46. The van der Waals surface area contributed by atoms with Crippen LogP contribution in [-0.2, 0) is 11.2 Å². The maximum absolute atomic E-state index is 11.4. The van der Waals surface area contributed by atoms with Crippen molar-refractivity contribution in [3.63, 3.8) is 0 Å². The van der Waals surface area contributed by atoms with Crippen molar-refractivity contribution in [2.45, 2.75) is 12.5 Å². The first-order chi connectivity index (χ1) is 11.4. The third-order valence-electron chi connectivity index (χ3n) is 3.71. The second kappa shape index (κ2) is 5.82. The lowest BCUT2D eigenvalue weighted by atomic mass is 10.0. The zero-order valence-electron chi connectivity index (χ0n) is 12.6. The van der Waals surface area contributed by atoms with Gasteiger partial charge in [0.05, 0.1) is 0 Å². The molecule has 1 aromatic rings. The summed E-state index contributed by atoms with van der Waals surface area (Å²) in [5.74, 6) is -1.40. The maximum Gasteiger partial charge on any atom is 0.321 e. The van der Waals surface area contributed by atoms with Gasteiger partial charge < -0.3 is 25.1 Å². The summed E-state index contributed by atoms with van der Waals surface area (Å²) < 4.78 is 5.51. The number of hydrogen-bond donors (Lipinski definition) is 4. The number of nitrogens with zero attached hydrogens (tertiary/aromatic N) is 1. The van der Waals surface area contributed by atoms with Crippen molar-refractivity contribution in [3.8, 4) is 23.0 Å². The molecule has 1 aromatic carbocycles. The Labute approximate surface area is 135 Å². The molecule has 0 amide bonds. The molecule has 8 heteroatoms. The van der Waals surface area contributed by atoms with Crippen LogP contribution in [-0.4, -0.2) is 39.4 Å². The van der Waals surface area contributed by atoms with Gasteiger partial charge in [-0.2, -0.15) is 0 Å². The van der Waals surface area contributed by atoms with Gasteiger partial charge in [0.2, 0.25) is 0 Å². The van der Waals surface area contributed by atoms with Crippen molar-refractivity contribution in [2.24, 2.45) is 0 Å². The molecule has 0 bridgehead atoms. The number of likely N-dealkylation sites (N-methyl/N-ethyl adjacent to an activating group) is 1. The molecule has 1 atom stereocenters. The standard InChI is InChI=1S/C16H14N2O6/c1-17-10(16(22)23)3-7-2-9-13(6-11(7)20)24-14-5-8(19)4-12(21)15(14)18-9/h2,4-6,10,17,20-21H,3H2,1H3,(H,22,23)/t10-/m0/s1. The number of phenolic OH excluding ortho intramolecular Hbond substituents is 2. The highest BCUT2D eigenvalue weighted by atomic mass is 16.4. The molecule has 0 aromatic heterocycles. The van der Waals surface area contributed by atoms with E-state index in [1.165, 1.54) is 25.2 Å². The number of benzene rings is 2. The predicted molar refractivity (Wildman–Crippen MR) is 84.4 cm³/mol. The third kappa shape index (κ3) is 2.74. The molecule has 8 nitrogen and oxygen atoms in total. The molecule has 0 spiro atoms. The third-order valence-corrected chi connectivity index (χ3v) is 3.71. The minimum atomic E-state index is -1.05. The van der Waals surface area contributed by atoms with Crippen molar-refractivity contribution < 1.29 is 24.5 Å². The number of fused-ring (bicyclic) bond motifs is 2. The van der Waals surface area contributed by atoms with Gasteiger partial charge in [-0.25, -0.2) is 4.98 Å². The Hall–Kier alpha value is -3.13. The van der Waals surface area contributed by atoms with Gasteiger partial charge in [0.25, 0.3) is 0 Å². The Morgan fingerprint density at radius 1 is 1.25 bits per heavy atom. The Balaban J connectivity index is 2.16. The Morgan fingerprint density at radius 3 is 2.67 bits per heavy atom. The number of aliphatic carboxylic acids is 1. The zero-order valence-corrected chi connectivity index (χ0v) is 12.6. The average molecular weight is 330 g/mol. The van der Waals surface area contributed by atoms with E-state index >= 15 is 0 Å². The number of carboxylic acid groups (broad SMARTS) is 1. The fraction of sp³-hybridized carbons (Fsp3) is 0.188. The van der Waals surface area contributed by atoms with Crippen molar-refractivity contribution in [1.82, 2.24) is 10.3 Å². The summed E-state index contributed by atoms with van der Waals surface area (Å²) in [7, 11) is 1.51. The smallest absolute Gasteiger partial charge is 0.321 e. The van der Waals surface area contributed by atoms with Crippen LogP contribution in [0.15, 0.2) is 33.5 Å². The summed E-state index contributed by atoms with van der Waals surface area (Å²) in [6.45, 7) is 0. The van der Waals surface area contributed by atoms with Gasteiger partial charge in [0.15, 0.2) is 16.8 Å². The number of nitrogens with one attached hydrogen (secondary N) is 1. The number of hydrogen-bond acceptors (Lipinski definition) is 7. The van der Waals surface area contributed by atoms with Gasteiger partial charge in [0, 0.05) is 24.6 Å². The SMILES string of the molecule is CN[C@@H](Cc1cc2nc3c(O)cc(=O)cc-3oc2cc1O)C(=O)O. The first kappa shape index (κ1) is 15.8.